The minimum atomic E-state index is -0.163. The Hall–Kier alpha value is -2.79. The van der Waals surface area contributed by atoms with Crippen LogP contribution >= 0.6 is 0 Å². The molecule has 2 aromatic carbocycles. The molecule has 25 heavy (non-hydrogen) atoms. The van der Waals surface area contributed by atoms with Gasteiger partial charge in [0.15, 0.2) is 0 Å². The molecule has 1 N–H and O–H groups in total. The summed E-state index contributed by atoms with van der Waals surface area (Å²) in [6, 6.07) is 17.2. The maximum atomic E-state index is 11.9. The Labute approximate surface area is 146 Å². The monoisotopic (exact) mass is 335 g/mol. The SMILES string of the molecule is CN1CCN(c2cccc(Oc3cc(=O)[nH]c4ccccc34)c2)CC1. The molecule has 4 rings (SSSR count). The van der Waals surface area contributed by atoms with Crippen LogP contribution in [-0.4, -0.2) is 43.1 Å². The fourth-order valence-corrected chi connectivity index (χ4v) is 3.19. The lowest BCUT2D eigenvalue weighted by atomic mass is 10.2. The van der Waals surface area contributed by atoms with Gasteiger partial charge in [0.1, 0.15) is 11.5 Å². The van der Waals surface area contributed by atoms with Gasteiger partial charge in [-0.2, -0.15) is 0 Å². The molecule has 5 nitrogen and oxygen atoms in total. The topological polar surface area (TPSA) is 48.6 Å². The van der Waals surface area contributed by atoms with E-state index in [4.69, 9.17) is 4.74 Å². The van der Waals surface area contributed by atoms with E-state index in [1.807, 2.05) is 42.5 Å². The molecular weight excluding hydrogens is 314 g/mol. The number of ether oxygens (including phenoxy) is 1. The van der Waals surface area contributed by atoms with Crippen molar-refractivity contribution in [1.82, 2.24) is 9.88 Å². The first-order valence-corrected chi connectivity index (χ1v) is 8.52. The van der Waals surface area contributed by atoms with Gasteiger partial charge in [-0.3, -0.25) is 4.79 Å². The van der Waals surface area contributed by atoms with Crippen LogP contribution in [0.2, 0.25) is 0 Å². The van der Waals surface area contributed by atoms with Crippen molar-refractivity contribution in [3.05, 3.63) is 65.0 Å². The highest BCUT2D eigenvalue weighted by Gasteiger charge is 2.15. The Balaban J connectivity index is 1.64. The van der Waals surface area contributed by atoms with Gasteiger partial charge in [0.25, 0.3) is 5.56 Å². The number of nitrogens with zero attached hydrogens (tertiary/aromatic N) is 2. The standard InChI is InChI=1S/C20H21N3O2/c1-22-9-11-23(12-10-22)15-5-4-6-16(13-15)25-19-14-20(24)21-18-8-3-2-7-17(18)19/h2-8,13-14H,9-12H2,1H3,(H,21,24). The summed E-state index contributed by atoms with van der Waals surface area (Å²) in [5.41, 5.74) is 1.77. The maximum absolute atomic E-state index is 11.9. The van der Waals surface area contributed by atoms with Crippen LogP contribution in [-0.2, 0) is 0 Å². The summed E-state index contributed by atoms with van der Waals surface area (Å²) in [7, 11) is 2.15. The molecule has 0 aliphatic carbocycles. The van der Waals surface area contributed by atoms with Crippen LogP contribution in [0.3, 0.4) is 0 Å². The Morgan fingerprint density at radius 1 is 0.960 bits per heavy atom. The average Bonchev–Trinajstić information content (AvgIpc) is 2.62. The predicted molar refractivity (Wildman–Crippen MR) is 101 cm³/mol. The van der Waals surface area contributed by atoms with Crippen molar-refractivity contribution in [3.8, 4) is 11.5 Å². The van der Waals surface area contributed by atoms with Crippen molar-refractivity contribution in [3.63, 3.8) is 0 Å². The highest BCUT2D eigenvalue weighted by Crippen LogP contribution is 2.30. The van der Waals surface area contributed by atoms with Crippen molar-refractivity contribution in [2.45, 2.75) is 0 Å². The van der Waals surface area contributed by atoms with Crippen LogP contribution in [0, 0.1) is 0 Å². The highest BCUT2D eigenvalue weighted by molar-refractivity contribution is 5.84. The van der Waals surface area contributed by atoms with Gasteiger partial charge in [-0.25, -0.2) is 0 Å². The number of rotatable bonds is 3. The summed E-state index contributed by atoms with van der Waals surface area (Å²) in [6.07, 6.45) is 0. The highest BCUT2D eigenvalue weighted by atomic mass is 16.5. The van der Waals surface area contributed by atoms with E-state index in [0.717, 1.165) is 48.5 Å². The molecule has 1 saturated heterocycles. The number of piperazine rings is 1. The second-order valence-electron chi connectivity index (χ2n) is 6.43. The van der Waals surface area contributed by atoms with Crippen LogP contribution in [0.15, 0.2) is 59.4 Å². The molecule has 3 aromatic rings. The largest absolute Gasteiger partial charge is 0.456 e. The van der Waals surface area contributed by atoms with Crippen LogP contribution in [0.25, 0.3) is 10.9 Å². The minimum Gasteiger partial charge on any atom is -0.456 e. The number of H-pyrrole nitrogens is 1. The molecule has 1 aliphatic rings. The van der Waals surface area contributed by atoms with E-state index in [0.29, 0.717) is 5.75 Å². The Bertz CT molecular complexity index is 943. The first kappa shape index (κ1) is 15.7. The maximum Gasteiger partial charge on any atom is 0.252 e. The number of para-hydroxylation sites is 1. The van der Waals surface area contributed by atoms with E-state index < -0.39 is 0 Å². The zero-order valence-electron chi connectivity index (χ0n) is 14.2. The number of benzene rings is 2. The van der Waals surface area contributed by atoms with E-state index in [1.165, 1.54) is 6.07 Å². The summed E-state index contributed by atoms with van der Waals surface area (Å²) >= 11 is 0. The van der Waals surface area contributed by atoms with Gasteiger partial charge in [0.05, 0.1) is 5.52 Å². The Morgan fingerprint density at radius 2 is 1.76 bits per heavy atom. The third kappa shape index (κ3) is 3.37. The summed E-state index contributed by atoms with van der Waals surface area (Å²) in [5, 5.41) is 0.895. The number of aromatic nitrogens is 1. The van der Waals surface area contributed by atoms with Crippen LogP contribution < -0.4 is 15.2 Å². The molecule has 1 aliphatic heterocycles. The van der Waals surface area contributed by atoms with E-state index in [9.17, 15) is 4.79 Å². The van der Waals surface area contributed by atoms with Gasteiger partial charge in [-0.1, -0.05) is 18.2 Å². The molecule has 0 saturated carbocycles. The molecule has 0 atom stereocenters. The average molecular weight is 335 g/mol. The van der Waals surface area contributed by atoms with Crippen molar-refractivity contribution >= 4 is 16.6 Å². The Kier molecular flexibility index (Phi) is 4.15. The van der Waals surface area contributed by atoms with Gasteiger partial charge in [-0.15, -0.1) is 0 Å². The molecule has 0 amide bonds. The first-order valence-electron chi connectivity index (χ1n) is 8.52. The van der Waals surface area contributed by atoms with Gasteiger partial charge >= 0.3 is 0 Å². The number of hydrogen-bond acceptors (Lipinski definition) is 4. The number of likely N-dealkylation sites (N-methyl/N-ethyl adjacent to an activating group) is 1. The third-order valence-electron chi connectivity index (χ3n) is 4.63. The molecular formula is C20H21N3O2. The van der Waals surface area contributed by atoms with Gasteiger partial charge < -0.3 is 19.5 Å². The number of hydrogen-bond donors (Lipinski definition) is 1. The fourth-order valence-electron chi connectivity index (χ4n) is 3.19. The zero-order chi connectivity index (χ0) is 17.2. The normalized spacial score (nSPS) is 15.5. The summed E-state index contributed by atoms with van der Waals surface area (Å²) < 4.78 is 6.07. The van der Waals surface area contributed by atoms with Crippen LogP contribution in [0.1, 0.15) is 0 Å². The fraction of sp³-hybridized carbons (Fsp3) is 0.250. The van der Waals surface area contributed by atoms with E-state index >= 15 is 0 Å². The minimum absolute atomic E-state index is 0.163. The molecule has 2 heterocycles. The predicted octanol–water partition coefficient (Wildman–Crippen LogP) is 3.07. The van der Waals surface area contributed by atoms with Crippen molar-refractivity contribution in [1.29, 1.82) is 0 Å². The Morgan fingerprint density at radius 3 is 2.60 bits per heavy atom. The molecule has 0 radical (unpaired) electrons. The first-order chi connectivity index (χ1) is 12.2. The molecule has 5 heteroatoms. The lowest BCUT2D eigenvalue weighted by Gasteiger charge is -2.34. The summed E-state index contributed by atoms with van der Waals surface area (Å²) in [4.78, 5) is 19.4. The number of pyridine rings is 1. The van der Waals surface area contributed by atoms with Crippen LogP contribution in [0.5, 0.6) is 11.5 Å². The van der Waals surface area contributed by atoms with Crippen molar-refractivity contribution in [2.75, 3.05) is 38.1 Å². The van der Waals surface area contributed by atoms with Crippen molar-refractivity contribution < 1.29 is 4.74 Å². The van der Waals surface area contributed by atoms with Crippen LogP contribution in [0.4, 0.5) is 5.69 Å². The number of aromatic amines is 1. The second kappa shape index (κ2) is 6.61. The molecule has 1 aromatic heterocycles. The van der Waals surface area contributed by atoms with Gasteiger partial charge in [-0.05, 0) is 31.3 Å². The number of anilines is 1. The second-order valence-corrected chi connectivity index (χ2v) is 6.43. The lowest BCUT2D eigenvalue weighted by molar-refractivity contribution is 0.313. The van der Waals surface area contributed by atoms with Crippen molar-refractivity contribution in [2.24, 2.45) is 0 Å². The molecule has 0 unspecified atom stereocenters. The van der Waals surface area contributed by atoms with Gasteiger partial charge in [0.2, 0.25) is 0 Å². The van der Waals surface area contributed by atoms with E-state index in [2.05, 4.69) is 27.9 Å². The molecule has 128 valence electrons. The zero-order valence-corrected chi connectivity index (χ0v) is 14.2. The van der Waals surface area contributed by atoms with E-state index in [1.54, 1.807) is 0 Å². The van der Waals surface area contributed by atoms with E-state index in [-0.39, 0.29) is 5.56 Å². The van der Waals surface area contributed by atoms with Gasteiger partial charge in [0, 0.05) is 49.4 Å². The molecule has 1 fully saturated rings. The summed E-state index contributed by atoms with van der Waals surface area (Å²) in [5.74, 6) is 1.32. The molecule has 0 bridgehead atoms. The number of nitrogens with one attached hydrogen (secondary N) is 1. The third-order valence-corrected chi connectivity index (χ3v) is 4.63. The number of fused-ring (bicyclic) bond motifs is 1. The smallest absolute Gasteiger partial charge is 0.252 e. The molecule has 0 spiro atoms. The summed E-state index contributed by atoms with van der Waals surface area (Å²) in [6.45, 7) is 4.13. The lowest BCUT2D eigenvalue weighted by Crippen LogP contribution is -2.44. The quantitative estimate of drug-likeness (QED) is 0.799.